The molecule has 33 heavy (non-hydrogen) atoms. The number of halogens is 3. The van der Waals surface area contributed by atoms with Gasteiger partial charge in [-0.1, -0.05) is 18.2 Å². The summed E-state index contributed by atoms with van der Waals surface area (Å²) in [7, 11) is 0. The quantitative estimate of drug-likeness (QED) is 0.312. The van der Waals surface area contributed by atoms with Crippen LogP contribution in [0.2, 0.25) is 0 Å². The van der Waals surface area contributed by atoms with Gasteiger partial charge in [0, 0.05) is 25.7 Å². The Morgan fingerprint density at radius 2 is 1.67 bits per heavy atom. The fraction of sp³-hybridized carbons (Fsp3) is 0.619. The van der Waals surface area contributed by atoms with Gasteiger partial charge in [0.2, 0.25) is 0 Å². The lowest BCUT2D eigenvalue weighted by Gasteiger charge is -2.35. The van der Waals surface area contributed by atoms with Crippen LogP contribution in [0.3, 0.4) is 0 Å². The zero-order valence-electron chi connectivity index (χ0n) is 18.3. The number of hydrogen-bond acceptors (Lipinski definition) is 7. The lowest BCUT2D eigenvalue weighted by atomic mass is 10.0. The largest absolute Gasteiger partial charge is 0.479 e. The van der Waals surface area contributed by atoms with Crippen molar-refractivity contribution in [3.63, 3.8) is 0 Å². The third kappa shape index (κ3) is 10.0. The molecule has 0 aliphatic carbocycles. The van der Waals surface area contributed by atoms with Crippen LogP contribution in [-0.4, -0.2) is 88.4 Å². The second kappa shape index (κ2) is 14.1. The molecule has 0 amide bonds. The van der Waals surface area contributed by atoms with Gasteiger partial charge in [-0.3, -0.25) is 4.90 Å². The van der Waals surface area contributed by atoms with E-state index in [-0.39, 0.29) is 0 Å². The smallest absolute Gasteiger partial charge is 0.416 e. The van der Waals surface area contributed by atoms with Gasteiger partial charge in [-0.2, -0.15) is 13.2 Å². The summed E-state index contributed by atoms with van der Waals surface area (Å²) in [5.74, 6) is -3.54. The van der Waals surface area contributed by atoms with Crippen molar-refractivity contribution in [1.82, 2.24) is 10.2 Å². The average Bonchev–Trinajstić information content (AvgIpc) is 2.78. The van der Waals surface area contributed by atoms with Crippen LogP contribution in [0.15, 0.2) is 24.3 Å². The van der Waals surface area contributed by atoms with E-state index >= 15 is 0 Å². The zero-order chi connectivity index (χ0) is 25.0. The van der Waals surface area contributed by atoms with E-state index in [1.165, 1.54) is 12.1 Å². The Labute approximate surface area is 189 Å². The Morgan fingerprint density at radius 1 is 1.12 bits per heavy atom. The summed E-state index contributed by atoms with van der Waals surface area (Å²) in [6.45, 7) is 5.90. The van der Waals surface area contributed by atoms with Crippen molar-refractivity contribution >= 4 is 11.9 Å². The van der Waals surface area contributed by atoms with E-state index in [0.29, 0.717) is 37.9 Å². The Bertz CT molecular complexity index is 725. The summed E-state index contributed by atoms with van der Waals surface area (Å²) in [5.41, 5.74) is -0.189. The maximum atomic E-state index is 13.2. The number of aliphatic hydroxyl groups excluding tert-OH is 2. The van der Waals surface area contributed by atoms with E-state index in [9.17, 15) is 22.8 Å². The molecule has 9 nitrogen and oxygen atoms in total. The highest BCUT2D eigenvalue weighted by molar-refractivity contribution is 5.83. The minimum absolute atomic E-state index is 0.304. The van der Waals surface area contributed by atoms with Gasteiger partial charge in [0.1, 0.15) is 0 Å². The van der Waals surface area contributed by atoms with Crippen molar-refractivity contribution in [3.8, 4) is 0 Å². The molecule has 1 aromatic carbocycles. The number of nitrogens with zero attached hydrogens (tertiary/aromatic N) is 1. The van der Waals surface area contributed by atoms with Crippen LogP contribution in [0.5, 0.6) is 0 Å². The number of nitrogens with one attached hydrogen (secondary N) is 1. The van der Waals surface area contributed by atoms with E-state index in [1.807, 2.05) is 6.92 Å². The number of ether oxygens (including phenoxy) is 1. The fourth-order valence-electron chi connectivity index (χ4n) is 3.31. The van der Waals surface area contributed by atoms with Crippen molar-refractivity contribution in [3.05, 3.63) is 35.4 Å². The lowest BCUT2D eigenvalue weighted by Crippen LogP contribution is -2.44. The minimum atomic E-state index is -4.31. The summed E-state index contributed by atoms with van der Waals surface area (Å²) in [4.78, 5) is 21.7. The molecule has 5 N–H and O–H groups in total. The summed E-state index contributed by atoms with van der Waals surface area (Å²) in [6, 6.07) is 6.17. The number of benzene rings is 1. The number of hydrogen-bond donors (Lipinski definition) is 5. The number of piperidine rings is 1. The second-order valence-electron chi connectivity index (χ2n) is 7.37. The van der Waals surface area contributed by atoms with Crippen LogP contribution in [0, 0.1) is 0 Å². The van der Waals surface area contributed by atoms with Gasteiger partial charge < -0.3 is 30.5 Å². The van der Waals surface area contributed by atoms with Crippen molar-refractivity contribution in [1.29, 1.82) is 0 Å². The Balaban J connectivity index is 0.000000461. The van der Waals surface area contributed by atoms with E-state index in [1.54, 1.807) is 12.1 Å². The number of carboxylic acids is 2. The molecule has 0 unspecified atom stereocenters. The van der Waals surface area contributed by atoms with Gasteiger partial charge in [-0.25, -0.2) is 9.59 Å². The van der Waals surface area contributed by atoms with E-state index in [2.05, 4.69) is 10.2 Å². The van der Waals surface area contributed by atoms with Gasteiger partial charge in [0.25, 0.3) is 0 Å². The predicted octanol–water partition coefficient (Wildman–Crippen LogP) is 1.17. The first-order valence-electron chi connectivity index (χ1n) is 10.5. The molecule has 0 aromatic heterocycles. The number of carbonyl (C=O) groups is 2. The molecule has 1 fully saturated rings. The van der Waals surface area contributed by atoms with Gasteiger partial charge >= 0.3 is 18.1 Å². The predicted molar refractivity (Wildman–Crippen MR) is 112 cm³/mol. The van der Waals surface area contributed by atoms with Crippen molar-refractivity contribution in [2.45, 2.75) is 50.7 Å². The first-order valence-corrected chi connectivity index (χ1v) is 10.5. The highest BCUT2D eigenvalue weighted by atomic mass is 19.4. The van der Waals surface area contributed by atoms with Crippen LogP contribution in [0.4, 0.5) is 13.2 Å². The molecule has 188 valence electrons. The molecule has 0 radical (unpaired) electrons. The standard InChI is InChI=1S/C17H25F3N2O.C4H6O6/c1-2-23-12-11-22(15-7-9-21-10-8-15)13-14-5-3-4-6-16(14)17(18,19)20;5-1(3(7)8)2(6)4(9)10/h3-6,15,21H,2,7-13H2,1H3;1-2,5-6H,(H,7,8)(H,9,10)/t;1-,2-/m.1/s1. The Hall–Kier alpha value is -2.25. The zero-order valence-corrected chi connectivity index (χ0v) is 18.3. The van der Waals surface area contributed by atoms with Crippen LogP contribution < -0.4 is 5.32 Å². The van der Waals surface area contributed by atoms with Gasteiger partial charge in [0.15, 0.2) is 12.2 Å². The molecular formula is C21H31F3N2O7. The topological polar surface area (TPSA) is 140 Å². The maximum Gasteiger partial charge on any atom is 0.416 e. The average molecular weight is 480 g/mol. The number of alkyl halides is 3. The molecule has 1 heterocycles. The highest BCUT2D eigenvalue weighted by Crippen LogP contribution is 2.32. The Kier molecular flexibility index (Phi) is 12.3. The molecule has 1 aliphatic rings. The van der Waals surface area contributed by atoms with Crippen LogP contribution in [0.25, 0.3) is 0 Å². The van der Waals surface area contributed by atoms with Crippen LogP contribution >= 0.6 is 0 Å². The van der Waals surface area contributed by atoms with Gasteiger partial charge in [-0.15, -0.1) is 0 Å². The molecule has 1 saturated heterocycles. The third-order valence-corrected chi connectivity index (χ3v) is 5.05. The second-order valence-corrected chi connectivity index (χ2v) is 7.37. The molecule has 1 aliphatic heterocycles. The summed E-state index contributed by atoms with van der Waals surface area (Å²) < 4.78 is 45.0. The molecule has 1 aromatic rings. The minimum Gasteiger partial charge on any atom is -0.479 e. The molecule has 12 heteroatoms. The monoisotopic (exact) mass is 480 g/mol. The summed E-state index contributed by atoms with van der Waals surface area (Å²) >= 11 is 0. The maximum absolute atomic E-state index is 13.2. The fourth-order valence-corrected chi connectivity index (χ4v) is 3.31. The number of carboxylic acid groups (broad SMARTS) is 2. The van der Waals surface area contributed by atoms with Crippen molar-refractivity contribution in [2.75, 3.05) is 32.8 Å². The summed E-state index contributed by atoms with van der Waals surface area (Å²) in [6.07, 6.45) is -6.92. The molecule has 0 spiro atoms. The molecule has 2 atom stereocenters. The van der Waals surface area contributed by atoms with E-state index < -0.39 is 35.9 Å². The van der Waals surface area contributed by atoms with Gasteiger partial charge in [-0.05, 0) is 44.5 Å². The number of aliphatic hydroxyl groups is 2. The third-order valence-electron chi connectivity index (χ3n) is 5.05. The van der Waals surface area contributed by atoms with Gasteiger partial charge in [0.05, 0.1) is 12.2 Å². The normalized spacial score (nSPS) is 16.6. The molecule has 2 rings (SSSR count). The SMILES string of the molecule is CCOCCN(Cc1ccccc1C(F)(F)F)C1CCNCC1.O=C(O)[C@H](O)[C@@H](O)C(=O)O. The van der Waals surface area contributed by atoms with E-state index in [4.69, 9.17) is 25.2 Å². The molecule has 0 bridgehead atoms. The highest BCUT2D eigenvalue weighted by Gasteiger charge is 2.34. The first kappa shape index (κ1) is 28.8. The molecular weight excluding hydrogens is 449 g/mol. The lowest BCUT2D eigenvalue weighted by molar-refractivity contribution is -0.165. The van der Waals surface area contributed by atoms with Crippen LogP contribution in [-0.2, 0) is 27.0 Å². The molecule has 0 saturated carbocycles. The number of rotatable bonds is 10. The Morgan fingerprint density at radius 3 is 2.15 bits per heavy atom. The number of aliphatic carboxylic acids is 2. The van der Waals surface area contributed by atoms with Crippen molar-refractivity contribution < 1.29 is 47.9 Å². The van der Waals surface area contributed by atoms with E-state index in [0.717, 1.165) is 25.9 Å². The first-order chi connectivity index (χ1) is 15.5. The van der Waals surface area contributed by atoms with Crippen molar-refractivity contribution in [2.24, 2.45) is 0 Å². The summed E-state index contributed by atoms with van der Waals surface area (Å²) in [5, 5.41) is 35.8. The van der Waals surface area contributed by atoms with Crippen LogP contribution in [0.1, 0.15) is 30.9 Å².